The van der Waals surface area contributed by atoms with Gasteiger partial charge in [0.15, 0.2) is 0 Å². The first-order valence-corrected chi connectivity index (χ1v) is 8.47. The van der Waals surface area contributed by atoms with E-state index in [4.69, 9.17) is 0 Å². The lowest BCUT2D eigenvalue weighted by atomic mass is 10.3. The van der Waals surface area contributed by atoms with Crippen molar-refractivity contribution >= 4 is 26.0 Å². The van der Waals surface area contributed by atoms with Crippen LogP contribution in [0.15, 0.2) is 33.6 Å². The Hall–Kier alpha value is -0.640. The average molecular weight is 387 g/mol. The van der Waals surface area contributed by atoms with E-state index in [9.17, 15) is 21.6 Å². The third-order valence-electron chi connectivity index (χ3n) is 3.19. The molecule has 0 aliphatic carbocycles. The molecule has 21 heavy (non-hydrogen) atoms. The predicted molar refractivity (Wildman–Crippen MR) is 75.4 cm³/mol. The van der Waals surface area contributed by atoms with E-state index in [1.54, 1.807) is 18.2 Å². The van der Waals surface area contributed by atoms with Crippen LogP contribution in [0.1, 0.15) is 0 Å². The highest BCUT2D eigenvalue weighted by Crippen LogP contribution is 2.26. The van der Waals surface area contributed by atoms with E-state index in [2.05, 4.69) is 15.9 Å². The largest absolute Gasteiger partial charge is 0.401 e. The minimum atomic E-state index is -4.26. The standard InChI is InChI=1S/C12H14BrF3N2O2S/c13-10-3-1-2-4-11(10)21(19,20)18-7-5-17(6-8-18)9-12(14,15)16/h1-4H,5-9H2. The van der Waals surface area contributed by atoms with Gasteiger partial charge in [0.25, 0.3) is 0 Å². The Kier molecular flexibility index (Phi) is 4.96. The highest BCUT2D eigenvalue weighted by molar-refractivity contribution is 9.10. The van der Waals surface area contributed by atoms with Gasteiger partial charge in [0, 0.05) is 30.7 Å². The SMILES string of the molecule is O=S(=O)(c1ccccc1Br)N1CCN(CC(F)(F)F)CC1. The normalized spacial score (nSPS) is 18.9. The lowest BCUT2D eigenvalue weighted by molar-refractivity contribution is -0.148. The Labute approximate surface area is 129 Å². The summed E-state index contributed by atoms with van der Waals surface area (Å²) in [6.45, 7) is -0.748. The molecule has 0 atom stereocenters. The van der Waals surface area contributed by atoms with Crippen molar-refractivity contribution in [2.75, 3.05) is 32.7 Å². The van der Waals surface area contributed by atoms with Crippen molar-refractivity contribution < 1.29 is 21.6 Å². The molecule has 0 aromatic heterocycles. The molecule has 0 unspecified atom stereocenters. The van der Waals surface area contributed by atoms with Gasteiger partial charge in [0.05, 0.1) is 11.4 Å². The molecule has 1 aliphatic heterocycles. The molecule has 4 nitrogen and oxygen atoms in total. The van der Waals surface area contributed by atoms with Crippen LogP contribution < -0.4 is 0 Å². The molecule has 1 fully saturated rings. The van der Waals surface area contributed by atoms with E-state index in [0.29, 0.717) is 4.47 Å². The molecule has 1 aliphatic rings. The van der Waals surface area contributed by atoms with Gasteiger partial charge in [0.1, 0.15) is 0 Å². The fourth-order valence-electron chi connectivity index (χ4n) is 2.17. The third kappa shape index (κ3) is 4.18. The van der Waals surface area contributed by atoms with Crippen LogP contribution in [0, 0.1) is 0 Å². The van der Waals surface area contributed by atoms with Gasteiger partial charge >= 0.3 is 6.18 Å². The second kappa shape index (κ2) is 6.23. The molecule has 0 bridgehead atoms. The fraction of sp³-hybridized carbons (Fsp3) is 0.500. The number of nitrogens with zero attached hydrogens (tertiary/aromatic N) is 2. The lowest BCUT2D eigenvalue weighted by Gasteiger charge is -2.34. The zero-order valence-electron chi connectivity index (χ0n) is 11.0. The number of piperazine rings is 1. The van der Waals surface area contributed by atoms with Gasteiger partial charge in [-0.2, -0.15) is 17.5 Å². The van der Waals surface area contributed by atoms with Crippen LogP contribution in [-0.2, 0) is 10.0 Å². The van der Waals surface area contributed by atoms with Gasteiger partial charge in [-0.05, 0) is 28.1 Å². The van der Waals surface area contributed by atoms with Crippen molar-refractivity contribution in [3.63, 3.8) is 0 Å². The lowest BCUT2D eigenvalue weighted by Crippen LogP contribution is -2.50. The van der Waals surface area contributed by atoms with E-state index in [0.717, 1.165) is 0 Å². The molecule has 118 valence electrons. The minimum Gasteiger partial charge on any atom is -0.292 e. The zero-order chi connectivity index (χ0) is 15.7. The summed E-state index contributed by atoms with van der Waals surface area (Å²) in [5.41, 5.74) is 0. The van der Waals surface area contributed by atoms with Crippen molar-refractivity contribution in [2.45, 2.75) is 11.1 Å². The van der Waals surface area contributed by atoms with E-state index in [1.165, 1.54) is 15.3 Å². The Morgan fingerprint density at radius 3 is 2.19 bits per heavy atom. The van der Waals surface area contributed by atoms with Crippen LogP contribution in [0.2, 0.25) is 0 Å². The summed E-state index contributed by atoms with van der Waals surface area (Å²) < 4.78 is 63.5. The number of benzene rings is 1. The number of halogens is 4. The molecule has 0 radical (unpaired) electrons. The number of sulfonamides is 1. The molecule has 2 rings (SSSR count). The van der Waals surface area contributed by atoms with Gasteiger partial charge in [-0.1, -0.05) is 12.1 Å². The molecule has 0 saturated carbocycles. The summed E-state index contributed by atoms with van der Waals surface area (Å²) >= 11 is 3.19. The van der Waals surface area contributed by atoms with Crippen molar-refractivity contribution in [2.24, 2.45) is 0 Å². The summed E-state index contributed by atoms with van der Waals surface area (Å²) in [6.07, 6.45) is -4.26. The van der Waals surface area contributed by atoms with Crippen LogP contribution in [0.25, 0.3) is 0 Å². The summed E-state index contributed by atoms with van der Waals surface area (Å²) in [4.78, 5) is 1.35. The van der Waals surface area contributed by atoms with Crippen molar-refractivity contribution in [1.29, 1.82) is 0 Å². The minimum absolute atomic E-state index is 0.0553. The summed E-state index contributed by atoms with van der Waals surface area (Å²) in [7, 11) is -3.68. The summed E-state index contributed by atoms with van der Waals surface area (Å²) in [5, 5.41) is 0. The van der Waals surface area contributed by atoms with Gasteiger partial charge in [0.2, 0.25) is 10.0 Å². The first-order chi connectivity index (χ1) is 9.70. The monoisotopic (exact) mass is 386 g/mol. The number of hydrogen-bond acceptors (Lipinski definition) is 3. The molecule has 0 spiro atoms. The van der Waals surface area contributed by atoms with Gasteiger partial charge in [-0.25, -0.2) is 8.42 Å². The molecule has 1 aromatic carbocycles. The van der Waals surface area contributed by atoms with Gasteiger partial charge in [-0.3, -0.25) is 4.90 Å². The highest BCUT2D eigenvalue weighted by atomic mass is 79.9. The molecule has 1 saturated heterocycles. The molecule has 1 heterocycles. The quantitative estimate of drug-likeness (QED) is 0.800. The highest BCUT2D eigenvalue weighted by Gasteiger charge is 2.35. The summed E-state index contributed by atoms with van der Waals surface area (Å²) in [6, 6.07) is 6.40. The third-order valence-corrected chi connectivity index (χ3v) is 6.10. The van der Waals surface area contributed by atoms with E-state index in [1.807, 2.05) is 0 Å². The van der Waals surface area contributed by atoms with Crippen molar-refractivity contribution in [3.05, 3.63) is 28.7 Å². The Morgan fingerprint density at radius 1 is 1.10 bits per heavy atom. The first-order valence-electron chi connectivity index (χ1n) is 6.24. The van der Waals surface area contributed by atoms with E-state index in [-0.39, 0.29) is 31.1 Å². The maximum Gasteiger partial charge on any atom is 0.401 e. The fourth-order valence-corrected chi connectivity index (χ4v) is 4.56. The van der Waals surface area contributed by atoms with Gasteiger partial charge in [-0.15, -0.1) is 0 Å². The molecular formula is C12H14BrF3N2O2S. The predicted octanol–water partition coefficient (Wildman–Crippen LogP) is 2.32. The van der Waals surface area contributed by atoms with Crippen LogP contribution in [0.4, 0.5) is 13.2 Å². The van der Waals surface area contributed by atoms with Crippen molar-refractivity contribution in [1.82, 2.24) is 9.21 Å². The van der Waals surface area contributed by atoms with Gasteiger partial charge < -0.3 is 0 Å². The van der Waals surface area contributed by atoms with E-state index < -0.39 is 22.7 Å². The number of hydrogen-bond donors (Lipinski definition) is 0. The average Bonchev–Trinajstić information content (AvgIpc) is 2.37. The Morgan fingerprint density at radius 2 is 1.67 bits per heavy atom. The van der Waals surface area contributed by atoms with Crippen LogP contribution in [-0.4, -0.2) is 56.5 Å². The maximum absolute atomic E-state index is 12.5. The zero-order valence-corrected chi connectivity index (χ0v) is 13.4. The Bertz CT molecular complexity index is 599. The van der Waals surface area contributed by atoms with Crippen molar-refractivity contribution in [3.8, 4) is 0 Å². The van der Waals surface area contributed by atoms with Crippen LogP contribution in [0.5, 0.6) is 0 Å². The molecule has 0 N–H and O–H groups in total. The number of alkyl halides is 3. The molecule has 0 amide bonds. The second-order valence-corrected chi connectivity index (χ2v) is 7.49. The topological polar surface area (TPSA) is 40.6 Å². The molecule has 1 aromatic rings. The van der Waals surface area contributed by atoms with Crippen LogP contribution >= 0.6 is 15.9 Å². The maximum atomic E-state index is 12.5. The van der Waals surface area contributed by atoms with Crippen LogP contribution in [0.3, 0.4) is 0 Å². The smallest absolute Gasteiger partial charge is 0.292 e. The summed E-state index contributed by atoms with van der Waals surface area (Å²) in [5.74, 6) is 0. The van der Waals surface area contributed by atoms with E-state index >= 15 is 0 Å². The second-order valence-electron chi connectivity index (χ2n) is 4.73. The molecule has 9 heteroatoms. The molecular weight excluding hydrogens is 373 g/mol. The number of rotatable bonds is 3. The Balaban J connectivity index is 2.07. The first kappa shape index (κ1) is 16.7.